The van der Waals surface area contributed by atoms with Gasteiger partial charge < -0.3 is 24.1 Å². The van der Waals surface area contributed by atoms with Crippen LogP contribution < -0.4 is 10.7 Å². The Morgan fingerprint density at radius 2 is 1.87 bits per heavy atom. The third kappa shape index (κ3) is 8.80. The van der Waals surface area contributed by atoms with Crippen molar-refractivity contribution in [1.82, 2.24) is 35.2 Å². The number of sulfone groups is 1. The van der Waals surface area contributed by atoms with Gasteiger partial charge in [0.1, 0.15) is 29.1 Å². The molecule has 0 radical (unpaired) electrons. The predicted octanol–water partition coefficient (Wildman–Crippen LogP) is 5.62. The van der Waals surface area contributed by atoms with Gasteiger partial charge in [0.2, 0.25) is 5.91 Å². The molecule has 1 unspecified atom stereocenters. The fourth-order valence-corrected chi connectivity index (χ4v) is 11.0. The Labute approximate surface area is 373 Å². The number of carbonyl (C=O) groups excluding carboxylic acids is 3. The Hall–Kier alpha value is -4.26. The maximum atomic E-state index is 14.7. The number of nitrogens with one attached hydrogen (secondary N) is 2. The van der Waals surface area contributed by atoms with Gasteiger partial charge in [-0.15, -0.1) is 11.3 Å². The summed E-state index contributed by atoms with van der Waals surface area (Å²) in [7, 11) is -1.99. The Morgan fingerprint density at radius 3 is 2.57 bits per heavy atom. The minimum atomic E-state index is -3.69. The number of ether oxygens (including phenoxy) is 3. The van der Waals surface area contributed by atoms with E-state index < -0.39 is 51.3 Å². The maximum absolute atomic E-state index is 14.7. The van der Waals surface area contributed by atoms with Gasteiger partial charge in [0.05, 0.1) is 35.8 Å². The lowest BCUT2D eigenvalue weighted by Crippen LogP contribution is -2.61. The van der Waals surface area contributed by atoms with Crippen molar-refractivity contribution in [1.29, 1.82) is 0 Å². The van der Waals surface area contributed by atoms with Crippen LogP contribution in [0.4, 0.5) is 0 Å². The lowest BCUT2D eigenvalue weighted by atomic mass is 9.84. The summed E-state index contributed by atoms with van der Waals surface area (Å²) < 4.78 is 45.9. The molecule has 3 aliphatic heterocycles. The highest BCUT2D eigenvalue weighted by molar-refractivity contribution is 7.90. The number of thiazole rings is 1. The minimum absolute atomic E-state index is 0.113. The van der Waals surface area contributed by atoms with Gasteiger partial charge in [-0.1, -0.05) is 33.8 Å². The zero-order valence-corrected chi connectivity index (χ0v) is 38.8. The zero-order valence-electron chi connectivity index (χ0n) is 37.1. The first-order chi connectivity index (χ1) is 30.0. The summed E-state index contributed by atoms with van der Waals surface area (Å²) in [6.07, 6.45) is 5.26. The first-order valence-corrected chi connectivity index (χ1v) is 25.1. The van der Waals surface area contributed by atoms with Crippen molar-refractivity contribution in [2.75, 3.05) is 45.5 Å². The molecule has 63 heavy (non-hydrogen) atoms. The molecule has 1 aromatic carbocycles. The van der Waals surface area contributed by atoms with Crippen LogP contribution in [0.1, 0.15) is 94.8 Å². The van der Waals surface area contributed by atoms with Crippen LogP contribution in [0.15, 0.2) is 41.9 Å². The van der Waals surface area contributed by atoms with E-state index in [2.05, 4.69) is 58.3 Å². The summed E-state index contributed by atoms with van der Waals surface area (Å²) in [5, 5.41) is 7.55. The monoisotopic (exact) mass is 901 g/mol. The summed E-state index contributed by atoms with van der Waals surface area (Å²) in [6, 6.07) is 9.13. The van der Waals surface area contributed by atoms with E-state index in [9.17, 15) is 22.8 Å². The quantitative estimate of drug-likeness (QED) is 0.189. The number of pyridine rings is 1. The number of hydrazine groups is 1. The summed E-state index contributed by atoms with van der Waals surface area (Å²) in [5.74, 6) is -2.16. The van der Waals surface area contributed by atoms with E-state index in [1.807, 2.05) is 32.2 Å². The van der Waals surface area contributed by atoms with Crippen molar-refractivity contribution in [3.05, 3.63) is 58.2 Å². The number of fused-ring (bicyclic) bond motifs is 6. The molecule has 2 saturated heterocycles. The standard InChI is InChI=1S/C46H59N7O8S2/c1-25-26(2)37(25)42(54)49-39-41(61-24-63(7,57)58)43-48-35(22-62-43)28-12-15-36-32(18-28)33(19-46(4,5)23-60-45(56)34-11-9-17-52(50-34)44(39)55)40(31-10-8-16-47-38(31)27(3)59-6)53(36)30-20-51(21-30)29-13-14-29/h8,10,12,15-16,18,22,25-27,29-30,34,37,39,41,50H,9,11,13-14,17,19-21,23-24H2,1-7H3,(H,49,54)/t25-,26+,27-,34-,37?,39-,41-/m0/s1. The lowest BCUT2D eigenvalue weighted by Gasteiger charge is -2.42. The fourth-order valence-electron chi connectivity index (χ4n) is 9.73. The molecule has 2 saturated carbocycles. The average molecular weight is 902 g/mol. The second-order valence-corrected chi connectivity index (χ2v) is 22.3. The van der Waals surface area contributed by atoms with E-state index >= 15 is 0 Å². The number of methoxy groups -OCH3 is 1. The Morgan fingerprint density at radius 1 is 1.11 bits per heavy atom. The number of hydrogen-bond donors (Lipinski definition) is 2. The molecule has 9 rings (SSSR count). The number of hydrogen-bond acceptors (Lipinski definition) is 13. The second-order valence-electron chi connectivity index (χ2n) is 19.3. The Bertz CT molecular complexity index is 2520. The number of nitrogens with zero attached hydrogens (tertiary/aromatic N) is 5. The lowest BCUT2D eigenvalue weighted by molar-refractivity contribution is -0.156. The van der Waals surface area contributed by atoms with Crippen molar-refractivity contribution in [3.8, 4) is 22.5 Å². The van der Waals surface area contributed by atoms with Crippen LogP contribution in [0.3, 0.4) is 0 Å². The molecule has 4 fully saturated rings. The van der Waals surface area contributed by atoms with E-state index in [0.29, 0.717) is 36.0 Å². The van der Waals surface area contributed by atoms with E-state index in [4.69, 9.17) is 24.2 Å². The van der Waals surface area contributed by atoms with Gasteiger partial charge in [-0.25, -0.2) is 18.8 Å². The number of benzene rings is 1. The number of rotatable bonds is 10. The van der Waals surface area contributed by atoms with Gasteiger partial charge in [0, 0.05) is 84.0 Å². The smallest absolute Gasteiger partial charge is 0.324 e. The summed E-state index contributed by atoms with van der Waals surface area (Å²) >= 11 is 1.24. The van der Waals surface area contributed by atoms with E-state index in [1.54, 1.807) is 13.3 Å². The topological polar surface area (TPSA) is 174 Å². The molecular formula is C46H59N7O8S2. The van der Waals surface area contributed by atoms with Crippen molar-refractivity contribution in [3.63, 3.8) is 0 Å². The number of likely N-dealkylation sites (tertiary alicyclic amines) is 1. The highest BCUT2D eigenvalue weighted by Crippen LogP contribution is 2.47. The van der Waals surface area contributed by atoms with Gasteiger partial charge in [-0.3, -0.25) is 29.3 Å². The molecule has 4 aromatic rings. The molecule has 6 bridgehead atoms. The van der Waals surface area contributed by atoms with E-state index in [0.717, 1.165) is 58.3 Å². The summed E-state index contributed by atoms with van der Waals surface area (Å²) in [5.41, 5.74) is 9.07. The van der Waals surface area contributed by atoms with Crippen LogP contribution in [-0.2, 0) is 44.9 Å². The van der Waals surface area contributed by atoms with Crippen LogP contribution in [0.5, 0.6) is 0 Å². The van der Waals surface area contributed by atoms with Gasteiger partial charge in [0.15, 0.2) is 9.84 Å². The molecule has 0 spiro atoms. The van der Waals surface area contributed by atoms with Gasteiger partial charge >= 0.3 is 5.97 Å². The third-order valence-electron chi connectivity index (χ3n) is 13.8. The highest BCUT2D eigenvalue weighted by Gasteiger charge is 2.50. The summed E-state index contributed by atoms with van der Waals surface area (Å²) in [4.78, 5) is 55.0. The molecule has 2 aliphatic carbocycles. The summed E-state index contributed by atoms with van der Waals surface area (Å²) in [6.45, 7) is 12.4. The number of aromatic nitrogens is 3. The molecule has 6 heterocycles. The van der Waals surface area contributed by atoms with Crippen molar-refractivity contribution < 1.29 is 37.0 Å². The Kier molecular flexibility index (Phi) is 11.8. The first-order valence-electron chi connectivity index (χ1n) is 22.2. The van der Waals surface area contributed by atoms with E-state index in [1.165, 1.54) is 29.2 Å². The molecular weight excluding hydrogens is 843 g/mol. The number of amides is 2. The highest BCUT2D eigenvalue weighted by atomic mass is 32.2. The Balaban J connectivity index is 1.22. The molecule has 338 valence electrons. The maximum Gasteiger partial charge on any atom is 0.324 e. The first kappa shape index (κ1) is 44.0. The fraction of sp³-hybridized carbons (Fsp3) is 0.587. The normalized spacial score (nSPS) is 27.4. The van der Waals surface area contributed by atoms with Crippen molar-refractivity contribution >= 4 is 49.9 Å². The molecule has 5 aliphatic rings. The molecule has 17 heteroatoms. The SMILES string of the molecule is CO[C@@H](C)c1ncccc1-c1c2c3cc(ccc3n1C1CN(C3CC3)C1)-c1csc(n1)[C@@H](OCS(C)(=O)=O)[C@H](NC(=O)C1[C@@H](C)[C@H]1C)C(=O)N1CCC[C@H](N1)C(=O)OCC(C)(C)C2. The van der Waals surface area contributed by atoms with Crippen LogP contribution >= 0.6 is 11.3 Å². The zero-order chi connectivity index (χ0) is 44.5. The predicted molar refractivity (Wildman–Crippen MR) is 239 cm³/mol. The van der Waals surface area contributed by atoms with Crippen molar-refractivity contribution in [2.24, 2.45) is 23.2 Å². The van der Waals surface area contributed by atoms with Crippen LogP contribution in [0.25, 0.3) is 33.4 Å². The largest absolute Gasteiger partial charge is 0.464 e. The second kappa shape index (κ2) is 16.9. The molecule has 7 atom stereocenters. The van der Waals surface area contributed by atoms with Crippen LogP contribution in [0.2, 0.25) is 0 Å². The number of esters is 1. The molecule has 2 amide bonds. The van der Waals surface area contributed by atoms with Gasteiger partial charge in [-0.2, -0.15) is 0 Å². The minimum Gasteiger partial charge on any atom is -0.464 e. The number of cyclic esters (lactones) is 1. The molecule has 2 N–H and O–H groups in total. The average Bonchev–Trinajstić information content (AvgIpc) is 4.09. The van der Waals surface area contributed by atoms with Crippen LogP contribution in [0, 0.1) is 23.2 Å². The van der Waals surface area contributed by atoms with Gasteiger partial charge in [-0.05, 0) is 80.7 Å². The van der Waals surface area contributed by atoms with E-state index in [-0.39, 0.29) is 49.0 Å². The van der Waals surface area contributed by atoms with Gasteiger partial charge in [0.25, 0.3) is 5.91 Å². The molecule has 15 nitrogen and oxygen atoms in total. The van der Waals surface area contributed by atoms with Crippen molar-refractivity contribution in [2.45, 2.75) is 103 Å². The number of carbonyl (C=O) groups is 3. The third-order valence-corrected chi connectivity index (χ3v) is 15.2. The van der Waals surface area contributed by atoms with Crippen LogP contribution in [-0.4, -0.2) is 114 Å². The molecule has 3 aromatic heterocycles.